The second kappa shape index (κ2) is 9.39. The summed E-state index contributed by atoms with van der Waals surface area (Å²) in [5.41, 5.74) is 9.21. The third-order valence-corrected chi connectivity index (χ3v) is 10.9. The van der Waals surface area contributed by atoms with Crippen LogP contribution in [0.1, 0.15) is 95.2 Å². The van der Waals surface area contributed by atoms with Crippen molar-refractivity contribution in [2.75, 3.05) is 0 Å². The first-order valence-electron chi connectivity index (χ1n) is 15.3. The molecule has 0 atom stereocenters. The second-order valence-electron chi connectivity index (χ2n) is 13.2. The fraction of sp³-hybridized carbons (Fsp3) is 0.195. The van der Waals surface area contributed by atoms with Gasteiger partial charge in [0, 0.05) is 0 Å². The fourth-order valence-corrected chi connectivity index (χ4v) is 7.79. The molecule has 6 aromatic rings. The van der Waals surface area contributed by atoms with Crippen LogP contribution in [-0.2, 0) is 41.8 Å². The van der Waals surface area contributed by atoms with E-state index in [0.29, 0.717) is 0 Å². The zero-order valence-electron chi connectivity index (χ0n) is 25.6. The van der Waals surface area contributed by atoms with Crippen LogP contribution in [0.25, 0.3) is 0 Å². The van der Waals surface area contributed by atoms with Crippen LogP contribution >= 0.6 is 0 Å². The predicted molar refractivity (Wildman–Crippen MR) is 171 cm³/mol. The van der Waals surface area contributed by atoms with Crippen LogP contribution < -0.4 is 0 Å². The quantitative estimate of drug-likeness (QED) is 0.150. The predicted octanol–water partition coefficient (Wildman–Crippen LogP) is 7.63. The maximum absolute atomic E-state index is 5.52. The molecule has 3 aromatic heterocycles. The topological polar surface area (TPSA) is 38.7 Å². The van der Waals surface area contributed by atoms with E-state index in [2.05, 4.69) is 155 Å². The molecule has 218 valence electrons. The Bertz CT molecular complexity index is 1650. The number of aromatic nitrogens is 3. The Balaban J connectivity index is 0.00000300. The van der Waals surface area contributed by atoms with Gasteiger partial charge >= 0.3 is 20.1 Å². The van der Waals surface area contributed by atoms with E-state index in [1.165, 1.54) is 0 Å². The molecule has 0 radical (unpaired) electrons. The molecule has 0 spiro atoms. The molecule has 0 unspecified atom stereocenters. The van der Waals surface area contributed by atoms with Gasteiger partial charge in [-0.15, -0.1) is 16.7 Å². The van der Waals surface area contributed by atoms with E-state index in [-0.39, 0.29) is 20.1 Å². The Kier molecular flexibility index (Phi) is 5.89. The van der Waals surface area contributed by atoms with E-state index in [1.807, 2.05) is 0 Å². The van der Waals surface area contributed by atoms with Crippen LogP contribution in [0.15, 0.2) is 109 Å². The molecule has 4 heteroatoms. The van der Waals surface area contributed by atoms with Crippen molar-refractivity contribution in [1.82, 2.24) is 15.0 Å². The van der Waals surface area contributed by atoms with E-state index < -0.39 is 21.7 Å². The third-order valence-electron chi connectivity index (χ3n) is 10.9. The minimum Gasteiger partial charge on any atom is -0.255 e. The van der Waals surface area contributed by atoms with Crippen LogP contribution in [0.4, 0.5) is 0 Å². The van der Waals surface area contributed by atoms with Crippen LogP contribution in [0.3, 0.4) is 0 Å². The van der Waals surface area contributed by atoms with Gasteiger partial charge in [-0.1, -0.05) is 25.1 Å². The summed E-state index contributed by atoms with van der Waals surface area (Å²) in [6.45, 7) is 9.06. The monoisotopic (exact) mass is 757 g/mol. The molecule has 16 bridgehead atoms. The largest absolute Gasteiger partial charge is 3.00 e. The van der Waals surface area contributed by atoms with Gasteiger partial charge in [-0.25, -0.2) is 0 Å². The molecule has 7 heterocycles. The summed E-state index contributed by atoms with van der Waals surface area (Å²) in [5.74, 6) is 0. The summed E-state index contributed by atoms with van der Waals surface area (Å²) in [4.78, 5) is 16.6. The van der Waals surface area contributed by atoms with Crippen molar-refractivity contribution in [1.29, 1.82) is 0 Å². The molecule has 0 saturated heterocycles. The summed E-state index contributed by atoms with van der Waals surface area (Å²) in [7, 11) is 0. The average Bonchev–Trinajstić information content (AvgIpc) is 3.09. The van der Waals surface area contributed by atoms with Gasteiger partial charge in [0.2, 0.25) is 0 Å². The SMILES string of the molecule is CC12c3[c-]c(ccc3)C3(C)c4cccc(n4)C(C)(c4[c-]c1ccc4)c1cccc(n1)C(C)(c1[c-]c2ccc1)c1cccc3n1.[Ir+3]. The van der Waals surface area contributed by atoms with Crippen molar-refractivity contribution in [2.45, 2.75) is 49.4 Å². The third kappa shape index (κ3) is 3.47. The smallest absolute Gasteiger partial charge is 0.255 e. The second-order valence-corrected chi connectivity index (χ2v) is 13.2. The molecule has 10 rings (SSSR count). The first-order chi connectivity index (χ1) is 21.3. The molecular weight excluding hydrogens is 727 g/mol. The van der Waals surface area contributed by atoms with E-state index in [4.69, 9.17) is 15.0 Å². The van der Waals surface area contributed by atoms with E-state index in [1.54, 1.807) is 0 Å². The number of rotatable bonds is 0. The van der Waals surface area contributed by atoms with E-state index in [0.717, 1.165) is 67.5 Å². The molecule has 0 fully saturated rings. The van der Waals surface area contributed by atoms with E-state index in [9.17, 15) is 0 Å². The first kappa shape index (κ1) is 28.2. The Hall–Kier alpha value is -4.24. The van der Waals surface area contributed by atoms with Crippen molar-refractivity contribution in [3.63, 3.8) is 0 Å². The summed E-state index contributed by atoms with van der Waals surface area (Å²) in [6, 6.07) is 50.6. The van der Waals surface area contributed by atoms with Gasteiger partial charge in [0.1, 0.15) is 0 Å². The van der Waals surface area contributed by atoms with Crippen molar-refractivity contribution < 1.29 is 20.1 Å². The standard InChI is InChI=1S/C41H30N3.Ir/c1-38-26-11-5-14-29(23-26)39(2)32-17-8-19-34(42-32)40(3,30-15-6-12-27(38)24-30)36-21-10-22-37(44-36)41(4,31-16-7-13-28(38)25-31)35-20-9-18-33(39)43-35;/h5-22H,1-4H3;/q-3;+3. The summed E-state index contributed by atoms with van der Waals surface area (Å²) in [5, 5.41) is 0. The van der Waals surface area contributed by atoms with Crippen LogP contribution in [0.5, 0.6) is 0 Å². The van der Waals surface area contributed by atoms with E-state index >= 15 is 0 Å². The van der Waals surface area contributed by atoms with Gasteiger partial charge in [-0.05, 0) is 62.6 Å². The fourth-order valence-electron chi connectivity index (χ4n) is 7.79. The molecule has 0 aliphatic carbocycles. The molecule has 45 heavy (non-hydrogen) atoms. The first-order valence-corrected chi connectivity index (χ1v) is 15.3. The van der Waals surface area contributed by atoms with Gasteiger partial charge in [0.15, 0.2) is 0 Å². The maximum atomic E-state index is 5.52. The Morgan fingerprint density at radius 1 is 0.333 bits per heavy atom. The zero-order chi connectivity index (χ0) is 29.9. The molecule has 3 aromatic carbocycles. The van der Waals surface area contributed by atoms with Gasteiger partial charge < -0.3 is 0 Å². The number of nitrogens with zero attached hydrogens (tertiary/aromatic N) is 3. The van der Waals surface area contributed by atoms with Crippen molar-refractivity contribution in [3.05, 3.63) is 195 Å². The van der Waals surface area contributed by atoms with Crippen LogP contribution in [0.2, 0.25) is 0 Å². The average molecular weight is 757 g/mol. The van der Waals surface area contributed by atoms with Gasteiger partial charge in [0.25, 0.3) is 0 Å². The molecule has 3 nitrogen and oxygen atoms in total. The van der Waals surface area contributed by atoms with Crippen LogP contribution in [0, 0.1) is 18.2 Å². The minimum absolute atomic E-state index is 0. The van der Waals surface area contributed by atoms with Crippen LogP contribution in [-0.4, -0.2) is 15.0 Å². The number of hydrogen-bond acceptors (Lipinski definition) is 3. The van der Waals surface area contributed by atoms with Gasteiger partial charge in [-0.3, -0.25) is 15.0 Å². The Labute approximate surface area is 278 Å². The van der Waals surface area contributed by atoms with Crippen molar-refractivity contribution in [2.24, 2.45) is 0 Å². The summed E-state index contributed by atoms with van der Waals surface area (Å²) in [6.07, 6.45) is 0. The normalized spacial score (nSPS) is 26.4. The maximum Gasteiger partial charge on any atom is 3.00 e. The zero-order valence-corrected chi connectivity index (χ0v) is 28.0. The summed E-state index contributed by atoms with van der Waals surface area (Å²) >= 11 is 0. The summed E-state index contributed by atoms with van der Waals surface area (Å²) < 4.78 is 0. The number of benzene rings is 3. The molecule has 0 saturated carbocycles. The molecule has 4 aliphatic heterocycles. The molecular formula is C41H30IrN3. The number of hydrogen-bond donors (Lipinski definition) is 0. The van der Waals surface area contributed by atoms with Gasteiger partial charge in [0.05, 0.1) is 50.4 Å². The number of pyridine rings is 3. The van der Waals surface area contributed by atoms with Gasteiger partial charge in [-0.2, -0.15) is 89.5 Å². The Morgan fingerprint density at radius 2 is 0.533 bits per heavy atom. The molecule has 0 N–H and O–H groups in total. The Morgan fingerprint density at radius 3 is 0.778 bits per heavy atom. The molecule has 4 aliphatic rings. The minimum atomic E-state index is -0.682. The van der Waals surface area contributed by atoms with Crippen molar-refractivity contribution >= 4 is 0 Å². The van der Waals surface area contributed by atoms with Crippen molar-refractivity contribution in [3.8, 4) is 0 Å². The molecule has 0 amide bonds.